The SMILES string of the molecule is C#CC(O)Cl. The molecule has 1 atom stereocenters. The average molecular weight is 90.5 g/mol. The van der Waals surface area contributed by atoms with Crippen LogP contribution in [0.1, 0.15) is 0 Å². The van der Waals surface area contributed by atoms with Gasteiger partial charge in [0.25, 0.3) is 0 Å². The maximum atomic E-state index is 7.89. The lowest BCUT2D eigenvalue weighted by molar-refractivity contribution is 0.312. The van der Waals surface area contributed by atoms with Crippen LogP contribution < -0.4 is 0 Å². The quantitative estimate of drug-likeness (QED) is 0.332. The predicted molar refractivity (Wildman–Crippen MR) is 20.7 cm³/mol. The van der Waals surface area contributed by atoms with Crippen LogP contribution in [0.25, 0.3) is 0 Å². The maximum absolute atomic E-state index is 7.89. The van der Waals surface area contributed by atoms with Gasteiger partial charge in [-0.05, 0) is 0 Å². The second-order valence-electron chi connectivity index (χ2n) is 0.502. The number of aliphatic hydroxyl groups excluding tert-OH is 1. The third-order valence-electron chi connectivity index (χ3n) is 0.138. The van der Waals surface area contributed by atoms with E-state index in [1.165, 1.54) is 0 Å². The average Bonchev–Trinajstić information content (AvgIpc) is 1.38. The van der Waals surface area contributed by atoms with Crippen molar-refractivity contribution in [2.24, 2.45) is 0 Å². The van der Waals surface area contributed by atoms with Gasteiger partial charge in [-0.1, -0.05) is 17.5 Å². The largest absolute Gasteiger partial charge is 0.367 e. The van der Waals surface area contributed by atoms with Gasteiger partial charge in [-0.3, -0.25) is 0 Å². The highest BCUT2D eigenvalue weighted by molar-refractivity contribution is 6.21. The summed E-state index contributed by atoms with van der Waals surface area (Å²) in [6.45, 7) is 0. The standard InChI is InChI=1S/C3H3ClO/c1-2-3(4)5/h1,3,5H. The highest BCUT2D eigenvalue weighted by Crippen LogP contribution is 1.80. The Kier molecular flexibility index (Phi) is 1.99. The molecule has 0 bridgehead atoms. The molecule has 0 aliphatic heterocycles. The molecule has 0 saturated heterocycles. The fourth-order valence-corrected chi connectivity index (χ4v) is 0. The van der Waals surface area contributed by atoms with Crippen molar-refractivity contribution in [2.45, 2.75) is 5.56 Å². The van der Waals surface area contributed by atoms with Crippen molar-refractivity contribution < 1.29 is 5.11 Å². The van der Waals surface area contributed by atoms with Crippen LogP contribution >= 0.6 is 11.6 Å². The molecule has 1 N–H and O–H groups in total. The minimum atomic E-state index is -1.12. The van der Waals surface area contributed by atoms with E-state index in [2.05, 4.69) is 6.42 Å². The molecule has 0 aromatic heterocycles. The molecule has 0 rings (SSSR count). The number of aliphatic hydroxyl groups is 1. The van der Waals surface area contributed by atoms with Gasteiger partial charge >= 0.3 is 0 Å². The second-order valence-corrected chi connectivity index (χ2v) is 0.916. The first kappa shape index (κ1) is 4.81. The van der Waals surface area contributed by atoms with Crippen molar-refractivity contribution in [1.82, 2.24) is 0 Å². The number of hydrogen-bond acceptors (Lipinski definition) is 1. The predicted octanol–water partition coefficient (Wildman–Crippen LogP) is 0.177. The molecule has 0 amide bonds. The third kappa shape index (κ3) is 3.81. The highest BCUT2D eigenvalue weighted by Gasteiger charge is 1.79. The Hall–Kier alpha value is -0.190. The molecule has 1 unspecified atom stereocenters. The van der Waals surface area contributed by atoms with Crippen LogP contribution in [-0.2, 0) is 0 Å². The van der Waals surface area contributed by atoms with Gasteiger partial charge in [0.2, 0.25) is 0 Å². The van der Waals surface area contributed by atoms with E-state index in [0.717, 1.165) is 0 Å². The summed E-state index contributed by atoms with van der Waals surface area (Å²) in [4.78, 5) is 0. The molecule has 28 valence electrons. The van der Waals surface area contributed by atoms with Gasteiger partial charge in [0, 0.05) is 0 Å². The molecule has 0 heterocycles. The van der Waals surface area contributed by atoms with Crippen LogP contribution in [0.2, 0.25) is 0 Å². The minimum absolute atomic E-state index is 1.12. The van der Waals surface area contributed by atoms with Gasteiger partial charge in [0.05, 0.1) is 0 Å². The molecule has 0 fully saturated rings. The van der Waals surface area contributed by atoms with Gasteiger partial charge in [-0.2, -0.15) is 0 Å². The van der Waals surface area contributed by atoms with E-state index in [1.807, 2.05) is 5.92 Å². The van der Waals surface area contributed by atoms with Crippen molar-refractivity contribution in [3.05, 3.63) is 0 Å². The molecule has 0 radical (unpaired) electrons. The molecule has 0 aliphatic rings. The summed E-state index contributed by atoms with van der Waals surface area (Å²) < 4.78 is 0. The summed E-state index contributed by atoms with van der Waals surface area (Å²) in [6, 6.07) is 0. The zero-order valence-electron chi connectivity index (χ0n) is 2.48. The lowest BCUT2D eigenvalue weighted by Gasteiger charge is -1.77. The summed E-state index contributed by atoms with van der Waals surface area (Å²) in [6.07, 6.45) is 4.54. The Balaban J connectivity index is 2.94. The van der Waals surface area contributed by atoms with Crippen LogP contribution in [-0.4, -0.2) is 10.7 Å². The molecule has 0 spiro atoms. The molecule has 0 aliphatic carbocycles. The first-order valence-corrected chi connectivity index (χ1v) is 1.49. The number of rotatable bonds is 0. The van der Waals surface area contributed by atoms with Gasteiger partial charge < -0.3 is 5.11 Å². The molecule has 0 aromatic carbocycles. The van der Waals surface area contributed by atoms with Crippen LogP contribution in [0, 0.1) is 12.3 Å². The monoisotopic (exact) mass is 90.0 g/mol. The molecule has 1 nitrogen and oxygen atoms in total. The Labute approximate surface area is 35.6 Å². The molecular weight excluding hydrogens is 87.5 g/mol. The van der Waals surface area contributed by atoms with Gasteiger partial charge in [0.15, 0.2) is 5.56 Å². The van der Waals surface area contributed by atoms with Crippen molar-refractivity contribution in [2.75, 3.05) is 0 Å². The molecular formula is C3H3ClO. The molecule has 0 saturated carbocycles. The summed E-state index contributed by atoms with van der Waals surface area (Å²) in [7, 11) is 0. The van der Waals surface area contributed by atoms with Crippen molar-refractivity contribution in [3.63, 3.8) is 0 Å². The fraction of sp³-hybridized carbons (Fsp3) is 0.333. The van der Waals surface area contributed by atoms with Crippen LogP contribution in [0.4, 0.5) is 0 Å². The number of halogens is 1. The Morgan fingerprint density at radius 3 is 2.20 bits per heavy atom. The molecule has 2 heteroatoms. The topological polar surface area (TPSA) is 20.2 Å². The van der Waals surface area contributed by atoms with Crippen LogP contribution in [0.5, 0.6) is 0 Å². The lowest BCUT2D eigenvalue weighted by Crippen LogP contribution is -1.84. The van der Waals surface area contributed by atoms with Crippen LogP contribution in [0.3, 0.4) is 0 Å². The van der Waals surface area contributed by atoms with E-state index >= 15 is 0 Å². The first-order chi connectivity index (χ1) is 2.27. The molecule has 5 heavy (non-hydrogen) atoms. The van der Waals surface area contributed by atoms with Crippen LogP contribution in [0.15, 0.2) is 0 Å². The van der Waals surface area contributed by atoms with E-state index < -0.39 is 5.56 Å². The normalized spacial score (nSPS) is 13.0. The van der Waals surface area contributed by atoms with Gasteiger partial charge in [-0.15, -0.1) is 6.42 Å². The second kappa shape index (κ2) is 2.07. The molecule has 0 aromatic rings. The number of terminal acetylenes is 1. The first-order valence-electron chi connectivity index (χ1n) is 1.05. The maximum Gasteiger partial charge on any atom is 0.190 e. The van der Waals surface area contributed by atoms with Crippen molar-refractivity contribution in [1.29, 1.82) is 0 Å². The Morgan fingerprint density at radius 1 is 2.00 bits per heavy atom. The van der Waals surface area contributed by atoms with E-state index in [-0.39, 0.29) is 0 Å². The number of hydrogen-bond donors (Lipinski definition) is 1. The van der Waals surface area contributed by atoms with Gasteiger partial charge in [-0.25, -0.2) is 0 Å². The summed E-state index contributed by atoms with van der Waals surface area (Å²) in [5, 5.41) is 7.89. The van der Waals surface area contributed by atoms with E-state index in [4.69, 9.17) is 16.7 Å². The Bertz CT molecular complexity index is 52.4. The van der Waals surface area contributed by atoms with Gasteiger partial charge in [0.1, 0.15) is 0 Å². The van der Waals surface area contributed by atoms with E-state index in [9.17, 15) is 0 Å². The zero-order valence-corrected chi connectivity index (χ0v) is 3.24. The summed E-state index contributed by atoms with van der Waals surface area (Å²) >= 11 is 4.78. The lowest BCUT2D eigenvalue weighted by atomic mass is 10.8. The van der Waals surface area contributed by atoms with E-state index in [1.54, 1.807) is 0 Å². The highest BCUT2D eigenvalue weighted by atomic mass is 35.5. The smallest absolute Gasteiger partial charge is 0.190 e. The fourth-order valence-electron chi connectivity index (χ4n) is 0. The third-order valence-corrected chi connectivity index (χ3v) is 0.264. The van der Waals surface area contributed by atoms with Crippen molar-refractivity contribution >= 4 is 11.6 Å². The van der Waals surface area contributed by atoms with E-state index in [0.29, 0.717) is 0 Å². The minimum Gasteiger partial charge on any atom is -0.367 e. The summed E-state index contributed by atoms with van der Waals surface area (Å²) in [5.74, 6) is 1.85. The zero-order chi connectivity index (χ0) is 4.28. The summed E-state index contributed by atoms with van der Waals surface area (Å²) in [5.41, 5.74) is -1.12. The number of alkyl halides is 1. The Morgan fingerprint density at radius 2 is 2.20 bits per heavy atom. The van der Waals surface area contributed by atoms with Crippen molar-refractivity contribution in [3.8, 4) is 12.3 Å².